The monoisotopic (exact) mass is 288 g/mol. The fourth-order valence-corrected chi connectivity index (χ4v) is 2.32. The molecule has 0 atom stereocenters. The normalized spacial score (nSPS) is 10.3. The minimum Gasteiger partial charge on any atom is -0.493 e. The number of thioether (sulfide) groups is 1. The molecular formula is C12H17BrOS. The zero-order valence-corrected chi connectivity index (χ0v) is 11.4. The largest absolute Gasteiger partial charge is 0.493 e. The van der Waals surface area contributed by atoms with Gasteiger partial charge in [0.15, 0.2) is 0 Å². The van der Waals surface area contributed by atoms with E-state index in [9.17, 15) is 0 Å². The Morgan fingerprint density at radius 3 is 2.87 bits per heavy atom. The maximum Gasteiger partial charge on any atom is 0.123 e. The van der Waals surface area contributed by atoms with E-state index in [1.54, 1.807) is 0 Å². The molecule has 3 heteroatoms. The number of hydrogen-bond acceptors (Lipinski definition) is 2. The molecule has 0 bridgehead atoms. The summed E-state index contributed by atoms with van der Waals surface area (Å²) in [6.45, 7) is 3.00. The predicted octanol–water partition coefficient (Wildman–Crippen LogP) is 4.10. The van der Waals surface area contributed by atoms with Crippen molar-refractivity contribution in [2.45, 2.75) is 18.7 Å². The summed E-state index contributed by atoms with van der Waals surface area (Å²) in [4.78, 5) is 0. The van der Waals surface area contributed by atoms with Gasteiger partial charge in [-0.05, 0) is 24.0 Å². The van der Waals surface area contributed by atoms with Crippen LogP contribution in [0.3, 0.4) is 0 Å². The van der Waals surface area contributed by atoms with E-state index in [-0.39, 0.29) is 0 Å². The molecule has 0 aliphatic carbocycles. The molecule has 0 spiro atoms. The van der Waals surface area contributed by atoms with Gasteiger partial charge in [0.2, 0.25) is 0 Å². The van der Waals surface area contributed by atoms with Crippen LogP contribution in [0, 0.1) is 0 Å². The summed E-state index contributed by atoms with van der Waals surface area (Å²) >= 11 is 5.42. The Bertz CT molecular complexity index is 278. The molecule has 84 valence electrons. The van der Waals surface area contributed by atoms with Crippen LogP contribution in [-0.4, -0.2) is 18.1 Å². The molecule has 0 aliphatic rings. The Hall–Kier alpha value is -0.150. The van der Waals surface area contributed by atoms with Crippen LogP contribution in [0.2, 0.25) is 0 Å². The van der Waals surface area contributed by atoms with Gasteiger partial charge in [-0.25, -0.2) is 0 Å². The molecule has 0 saturated heterocycles. The standard InChI is InChI=1S/C12H17BrOS/c1-2-15-9-5-8-14-12-7-4-3-6-11(12)10-13/h3-4,6-7H,2,5,8-10H2,1H3. The zero-order chi connectivity index (χ0) is 10.9. The molecule has 0 fully saturated rings. The van der Waals surface area contributed by atoms with Crippen LogP contribution in [0.5, 0.6) is 5.75 Å². The van der Waals surface area contributed by atoms with Gasteiger partial charge in [0.05, 0.1) is 6.61 Å². The van der Waals surface area contributed by atoms with E-state index in [0.717, 1.165) is 24.1 Å². The molecule has 15 heavy (non-hydrogen) atoms. The maximum absolute atomic E-state index is 5.73. The fraction of sp³-hybridized carbons (Fsp3) is 0.500. The summed E-state index contributed by atoms with van der Waals surface area (Å²) in [5, 5.41) is 0.854. The van der Waals surface area contributed by atoms with Crippen molar-refractivity contribution >= 4 is 27.7 Å². The van der Waals surface area contributed by atoms with E-state index >= 15 is 0 Å². The van der Waals surface area contributed by atoms with Crippen molar-refractivity contribution in [2.75, 3.05) is 18.1 Å². The van der Waals surface area contributed by atoms with Crippen LogP contribution in [-0.2, 0) is 5.33 Å². The number of rotatable bonds is 7. The number of halogens is 1. The highest BCUT2D eigenvalue weighted by molar-refractivity contribution is 9.08. The zero-order valence-electron chi connectivity index (χ0n) is 9.04. The lowest BCUT2D eigenvalue weighted by atomic mass is 10.2. The van der Waals surface area contributed by atoms with Crippen molar-refractivity contribution in [2.24, 2.45) is 0 Å². The van der Waals surface area contributed by atoms with Gasteiger partial charge in [-0.2, -0.15) is 11.8 Å². The Morgan fingerprint density at radius 1 is 1.33 bits per heavy atom. The summed E-state index contributed by atoms with van der Waals surface area (Å²) in [6.07, 6.45) is 1.12. The van der Waals surface area contributed by atoms with Gasteiger partial charge in [-0.3, -0.25) is 0 Å². The Labute approximate surface area is 105 Å². The number of ether oxygens (including phenoxy) is 1. The van der Waals surface area contributed by atoms with Crippen molar-refractivity contribution in [3.8, 4) is 5.75 Å². The van der Waals surface area contributed by atoms with E-state index in [4.69, 9.17) is 4.74 Å². The molecule has 1 rings (SSSR count). The Balaban J connectivity index is 2.30. The molecule has 1 aromatic rings. The molecular weight excluding hydrogens is 272 g/mol. The lowest BCUT2D eigenvalue weighted by molar-refractivity contribution is 0.316. The minimum absolute atomic E-state index is 0.816. The van der Waals surface area contributed by atoms with Crippen LogP contribution < -0.4 is 4.74 Å². The first-order chi connectivity index (χ1) is 7.38. The third-order valence-corrected chi connectivity index (χ3v) is 3.60. The average Bonchev–Trinajstić information content (AvgIpc) is 2.29. The van der Waals surface area contributed by atoms with Crippen LogP contribution >= 0.6 is 27.7 Å². The maximum atomic E-state index is 5.73. The van der Waals surface area contributed by atoms with E-state index in [1.807, 2.05) is 30.0 Å². The lowest BCUT2D eigenvalue weighted by Gasteiger charge is -2.09. The predicted molar refractivity (Wildman–Crippen MR) is 72.2 cm³/mol. The molecule has 0 N–H and O–H groups in total. The molecule has 0 unspecified atom stereocenters. The summed E-state index contributed by atoms with van der Waals surface area (Å²) in [5.41, 5.74) is 1.22. The number of para-hydroxylation sites is 1. The first kappa shape index (κ1) is 12.9. The molecule has 0 amide bonds. The fourth-order valence-electron chi connectivity index (χ4n) is 1.24. The number of benzene rings is 1. The highest BCUT2D eigenvalue weighted by atomic mass is 79.9. The highest BCUT2D eigenvalue weighted by Crippen LogP contribution is 2.20. The van der Waals surface area contributed by atoms with Crippen LogP contribution in [0.25, 0.3) is 0 Å². The molecule has 0 saturated carbocycles. The topological polar surface area (TPSA) is 9.23 Å². The van der Waals surface area contributed by atoms with Crippen molar-refractivity contribution in [3.63, 3.8) is 0 Å². The minimum atomic E-state index is 0.816. The van der Waals surface area contributed by atoms with Crippen molar-refractivity contribution in [3.05, 3.63) is 29.8 Å². The molecule has 0 aromatic heterocycles. The van der Waals surface area contributed by atoms with Crippen molar-refractivity contribution in [1.82, 2.24) is 0 Å². The number of hydrogen-bond donors (Lipinski definition) is 0. The van der Waals surface area contributed by atoms with Gasteiger partial charge in [-0.1, -0.05) is 41.1 Å². The molecule has 0 radical (unpaired) electrons. The highest BCUT2D eigenvalue weighted by Gasteiger charge is 2.00. The van der Waals surface area contributed by atoms with Crippen molar-refractivity contribution in [1.29, 1.82) is 0 Å². The van der Waals surface area contributed by atoms with Gasteiger partial charge in [0.1, 0.15) is 5.75 Å². The van der Waals surface area contributed by atoms with Gasteiger partial charge in [0.25, 0.3) is 0 Å². The molecule has 1 aromatic carbocycles. The second-order valence-electron chi connectivity index (χ2n) is 3.14. The average molecular weight is 289 g/mol. The SMILES string of the molecule is CCSCCCOc1ccccc1CBr. The van der Waals surface area contributed by atoms with Crippen molar-refractivity contribution < 1.29 is 4.74 Å². The smallest absolute Gasteiger partial charge is 0.123 e. The van der Waals surface area contributed by atoms with Gasteiger partial charge in [-0.15, -0.1) is 0 Å². The molecule has 0 heterocycles. The van der Waals surface area contributed by atoms with Crippen LogP contribution in [0.4, 0.5) is 0 Å². The van der Waals surface area contributed by atoms with E-state index < -0.39 is 0 Å². The second kappa shape index (κ2) is 8.05. The first-order valence-electron chi connectivity index (χ1n) is 5.23. The summed E-state index contributed by atoms with van der Waals surface area (Å²) in [7, 11) is 0. The quantitative estimate of drug-likeness (QED) is 0.552. The third kappa shape index (κ3) is 4.94. The van der Waals surface area contributed by atoms with E-state index in [0.29, 0.717) is 0 Å². The second-order valence-corrected chi connectivity index (χ2v) is 5.09. The van der Waals surface area contributed by atoms with Crippen LogP contribution in [0.1, 0.15) is 18.9 Å². The molecule has 0 aliphatic heterocycles. The summed E-state index contributed by atoms with van der Waals surface area (Å²) in [6, 6.07) is 8.17. The van der Waals surface area contributed by atoms with E-state index in [1.165, 1.54) is 17.1 Å². The van der Waals surface area contributed by atoms with Gasteiger partial charge < -0.3 is 4.74 Å². The third-order valence-electron chi connectivity index (χ3n) is 2.01. The lowest BCUT2D eigenvalue weighted by Crippen LogP contribution is -2.00. The molecule has 1 nitrogen and oxygen atoms in total. The number of alkyl halides is 1. The van der Waals surface area contributed by atoms with Crippen LogP contribution in [0.15, 0.2) is 24.3 Å². The summed E-state index contributed by atoms with van der Waals surface area (Å²) < 4.78 is 5.73. The Kier molecular flexibility index (Phi) is 6.94. The van der Waals surface area contributed by atoms with E-state index in [2.05, 4.69) is 28.9 Å². The summed E-state index contributed by atoms with van der Waals surface area (Å²) in [5.74, 6) is 3.39. The Morgan fingerprint density at radius 2 is 2.13 bits per heavy atom. The first-order valence-corrected chi connectivity index (χ1v) is 7.50. The van der Waals surface area contributed by atoms with Gasteiger partial charge >= 0.3 is 0 Å². The van der Waals surface area contributed by atoms with Gasteiger partial charge in [0, 0.05) is 10.9 Å².